The molecule has 1 aromatic heterocycles. The third-order valence-corrected chi connectivity index (χ3v) is 4.65. The number of rotatable bonds is 5. The molecule has 1 aliphatic rings. The van der Waals surface area contributed by atoms with Crippen LogP contribution in [0.3, 0.4) is 0 Å². The summed E-state index contributed by atoms with van der Waals surface area (Å²) >= 11 is 5.98. The highest BCUT2D eigenvalue weighted by Crippen LogP contribution is 2.25. The molecule has 1 aliphatic heterocycles. The van der Waals surface area contributed by atoms with Crippen LogP contribution in [0.15, 0.2) is 34.9 Å². The Labute approximate surface area is 150 Å². The van der Waals surface area contributed by atoms with E-state index < -0.39 is 5.97 Å². The van der Waals surface area contributed by atoms with Crippen molar-refractivity contribution in [3.63, 3.8) is 0 Å². The van der Waals surface area contributed by atoms with Crippen LogP contribution in [0.5, 0.6) is 0 Å². The largest absolute Gasteiger partial charge is 0.481 e. The van der Waals surface area contributed by atoms with Crippen LogP contribution >= 0.6 is 11.6 Å². The number of carbonyl (C=O) groups is 2. The van der Waals surface area contributed by atoms with E-state index in [-0.39, 0.29) is 24.0 Å². The zero-order valence-electron chi connectivity index (χ0n) is 13.7. The first kappa shape index (κ1) is 17.5. The van der Waals surface area contributed by atoms with Crippen LogP contribution in [0, 0.1) is 5.92 Å². The van der Waals surface area contributed by atoms with Gasteiger partial charge in [0.1, 0.15) is 5.69 Å². The van der Waals surface area contributed by atoms with Gasteiger partial charge < -0.3 is 14.5 Å². The molecule has 6 nitrogen and oxygen atoms in total. The Morgan fingerprint density at radius 3 is 2.96 bits per heavy atom. The summed E-state index contributed by atoms with van der Waals surface area (Å²) in [6.07, 6.45) is 2.53. The van der Waals surface area contributed by atoms with Crippen LogP contribution < -0.4 is 0 Å². The quantitative estimate of drug-likeness (QED) is 0.876. The predicted octanol–water partition coefficient (Wildman–Crippen LogP) is 3.71. The molecule has 1 aromatic carbocycles. The number of hydrogen-bond donors (Lipinski definition) is 1. The van der Waals surface area contributed by atoms with Gasteiger partial charge in [0.2, 0.25) is 5.76 Å². The van der Waals surface area contributed by atoms with Crippen molar-refractivity contribution >= 4 is 23.5 Å². The fraction of sp³-hybridized carbons (Fsp3) is 0.389. The minimum absolute atomic E-state index is 0.133. The number of carboxylic acid groups (broad SMARTS) is 1. The third-order valence-electron chi connectivity index (χ3n) is 4.41. The number of aliphatic carboxylic acids is 1. The highest BCUT2D eigenvalue weighted by molar-refractivity contribution is 6.30. The smallest absolute Gasteiger partial charge is 0.303 e. The first-order valence-electron chi connectivity index (χ1n) is 8.26. The molecule has 132 valence electrons. The van der Waals surface area contributed by atoms with Crippen molar-refractivity contribution in [2.24, 2.45) is 5.92 Å². The summed E-state index contributed by atoms with van der Waals surface area (Å²) in [4.78, 5) is 25.1. The fourth-order valence-corrected chi connectivity index (χ4v) is 3.32. The molecule has 0 bridgehead atoms. The summed E-state index contributed by atoms with van der Waals surface area (Å²) in [6.45, 7) is 1.20. The molecule has 25 heavy (non-hydrogen) atoms. The molecule has 0 radical (unpaired) electrons. The molecule has 7 heteroatoms. The molecule has 1 amide bonds. The Morgan fingerprint density at radius 1 is 1.36 bits per heavy atom. The molecular weight excluding hydrogens is 344 g/mol. The molecule has 1 saturated heterocycles. The average Bonchev–Trinajstić information content (AvgIpc) is 3.10. The fourth-order valence-electron chi connectivity index (χ4n) is 3.13. The van der Waals surface area contributed by atoms with Crippen LogP contribution in [0.4, 0.5) is 0 Å². The van der Waals surface area contributed by atoms with Gasteiger partial charge in [0.15, 0.2) is 0 Å². The highest BCUT2D eigenvalue weighted by atomic mass is 35.5. The first-order chi connectivity index (χ1) is 12.0. The maximum Gasteiger partial charge on any atom is 0.303 e. The summed E-state index contributed by atoms with van der Waals surface area (Å²) in [7, 11) is 0. The zero-order valence-corrected chi connectivity index (χ0v) is 14.4. The van der Waals surface area contributed by atoms with Crippen LogP contribution in [-0.2, 0) is 4.79 Å². The van der Waals surface area contributed by atoms with Crippen molar-refractivity contribution in [3.8, 4) is 11.3 Å². The summed E-state index contributed by atoms with van der Waals surface area (Å²) < 4.78 is 5.23. The summed E-state index contributed by atoms with van der Waals surface area (Å²) in [6, 6.07) is 8.81. The van der Waals surface area contributed by atoms with Gasteiger partial charge in [-0.2, -0.15) is 0 Å². The maximum absolute atomic E-state index is 12.6. The van der Waals surface area contributed by atoms with Gasteiger partial charge in [0.05, 0.1) is 0 Å². The maximum atomic E-state index is 12.6. The molecule has 0 saturated carbocycles. The van der Waals surface area contributed by atoms with E-state index in [1.165, 1.54) is 0 Å². The highest BCUT2D eigenvalue weighted by Gasteiger charge is 2.27. The lowest BCUT2D eigenvalue weighted by atomic mass is 9.93. The predicted molar refractivity (Wildman–Crippen MR) is 92.4 cm³/mol. The van der Waals surface area contributed by atoms with Crippen LogP contribution in [0.25, 0.3) is 11.3 Å². The number of nitrogens with zero attached hydrogens (tertiary/aromatic N) is 2. The number of benzene rings is 1. The molecule has 2 heterocycles. The monoisotopic (exact) mass is 362 g/mol. The topological polar surface area (TPSA) is 83.6 Å². The molecule has 1 N–H and O–H groups in total. The van der Waals surface area contributed by atoms with Crippen molar-refractivity contribution < 1.29 is 19.2 Å². The van der Waals surface area contributed by atoms with Gasteiger partial charge in [-0.3, -0.25) is 9.59 Å². The van der Waals surface area contributed by atoms with E-state index in [2.05, 4.69) is 5.16 Å². The summed E-state index contributed by atoms with van der Waals surface area (Å²) in [5, 5.41) is 13.4. The van der Waals surface area contributed by atoms with E-state index >= 15 is 0 Å². The second-order valence-corrected chi connectivity index (χ2v) is 6.72. The Hall–Kier alpha value is -2.34. The standard InChI is InChI=1S/C18H19ClN2O4/c19-14-5-1-4-13(9-14)15-10-16(25-20-15)18(24)21-8-2-3-12(11-21)6-7-17(22)23/h1,4-5,9-10,12H,2-3,6-8,11H2,(H,22,23)/t12-/m0/s1. The normalized spacial score (nSPS) is 17.5. The van der Waals surface area contributed by atoms with Crippen LogP contribution in [-0.4, -0.2) is 40.1 Å². The second kappa shape index (κ2) is 7.70. The number of hydrogen-bond acceptors (Lipinski definition) is 4. The van der Waals surface area contributed by atoms with Gasteiger partial charge in [-0.05, 0) is 37.3 Å². The molecule has 0 unspecified atom stereocenters. The minimum atomic E-state index is -0.801. The lowest BCUT2D eigenvalue weighted by Crippen LogP contribution is -2.39. The van der Waals surface area contributed by atoms with Crippen molar-refractivity contribution in [3.05, 3.63) is 41.1 Å². The van der Waals surface area contributed by atoms with Crippen molar-refractivity contribution in [1.82, 2.24) is 10.1 Å². The number of piperidine rings is 1. The molecule has 2 aromatic rings. The van der Waals surface area contributed by atoms with Gasteiger partial charge in [-0.15, -0.1) is 0 Å². The SMILES string of the molecule is O=C(O)CC[C@@H]1CCCN(C(=O)c2cc(-c3cccc(Cl)c3)no2)C1. The first-order valence-corrected chi connectivity index (χ1v) is 8.64. The Morgan fingerprint density at radius 2 is 2.20 bits per heavy atom. The molecule has 0 spiro atoms. The van der Waals surface area contributed by atoms with Crippen LogP contribution in [0.1, 0.15) is 36.2 Å². The number of amides is 1. The van der Waals surface area contributed by atoms with Gasteiger partial charge in [0.25, 0.3) is 5.91 Å². The Balaban J connectivity index is 1.67. The number of halogens is 1. The molecule has 3 rings (SSSR count). The molecule has 1 fully saturated rings. The Bertz CT molecular complexity index is 774. The van der Waals surface area contributed by atoms with E-state index in [1.807, 2.05) is 12.1 Å². The van der Waals surface area contributed by atoms with E-state index in [0.717, 1.165) is 18.4 Å². The van der Waals surface area contributed by atoms with Gasteiger partial charge in [-0.1, -0.05) is 28.9 Å². The number of carbonyl (C=O) groups excluding carboxylic acids is 1. The molecular formula is C18H19ClN2O4. The lowest BCUT2D eigenvalue weighted by molar-refractivity contribution is -0.137. The third kappa shape index (κ3) is 4.39. The lowest BCUT2D eigenvalue weighted by Gasteiger charge is -2.31. The van der Waals surface area contributed by atoms with Crippen molar-refractivity contribution in [1.29, 1.82) is 0 Å². The van der Waals surface area contributed by atoms with Gasteiger partial charge in [-0.25, -0.2) is 0 Å². The van der Waals surface area contributed by atoms with Crippen LogP contribution in [0.2, 0.25) is 5.02 Å². The van der Waals surface area contributed by atoms with E-state index in [4.69, 9.17) is 21.2 Å². The van der Waals surface area contributed by atoms with E-state index in [9.17, 15) is 9.59 Å². The van der Waals surface area contributed by atoms with Gasteiger partial charge >= 0.3 is 5.97 Å². The van der Waals surface area contributed by atoms with Crippen molar-refractivity contribution in [2.45, 2.75) is 25.7 Å². The minimum Gasteiger partial charge on any atom is -0.481 e. The molecule has 1 atom stereocenters. The van der Waals surface area contributed by atoms with Gasteiger partial charge in [0, 0.05) is 36.2 Å². The zero-order chi connectivity index (χ0) is 17.8. The number of likely N-dealkylation sites (tertiary alicyclic amines) is 1. The number of aromatic nitrogens is 1. The summed E-state index contributed by atoms with van der Waals surface area (Å²) in [5.74, 6) is -0.608. The number of carboxylic acids is 1. The average molecular weight is 363 g/mol. The summed E-state index contributed by atoms with van der Waals surface area (Å²) in [5.41, 5.74) is 1.35. The Kier molecular flexibility index (Phi) is 5.38. The molecule has 0 aliphatic carbocycles. The second-order valence-electron chi connectivity index (χ2n) is 6.28. The van der Waals surface area contributed by atoms with Crippen molar-refractivity contribution in [2.75, 3.05) is 13.1 Å². The van der Waals surface area contributed by atoms with E-state index in [0.29, 0.717) is 30.2 Å². The van der Waals surface area contributed by atoms with E-state index in [1.54, 1.807) is 23.1 Å².